The SMILES string of the molecule is NC(=O)[O-].[Na+]. The molecule has 5 heavy (non-hydrogen) atoms. The molecule has 0 spiro atoms. The van der Waals surface area contributed by atoms with Crippen molar-refractivity contribution in [3.63, 3.8) is 0 Å². The Morgan fingerprint density at radius 2 is 1.80 bits per heavy atom. The van der Waals surface area contributed by atoms with Crippen LogP contribution in [0.3, 0.4) is 0 Å². The molecule has 0 heterocycles. The van der Waals surface area contributed by atoms with Gasteiger partial charge in [0.2, 0.25) is 0 Å². The average Bonchev–Trinajstić information content (AvgIpc) is 0.811. The first-order valence-corrected chi connectivity index (χ1v) is 0.697. The Hall–Kier alpha value is 0.270. The van der Waals surface area contributed by atoms with Crippen LogP contribution in [-0.4, -0.2) is 6.09 Å². The summed E-state index contributed by atoms with van der Waals surface area (Å²) >= 11 is 0. The first-order chi connectivity index (χ1) is 1.73. The van der Waals surface area contributed by atoms with Crippen molar-refractivity contribution < 1.29 is 39.5 Å². The van der Waals surface area contributed by atoms with Crippen LogP contribution in [0.15, 0.2) is 0 Å². The van der Waals surface area contributed by atoms with Crippen molar-refractivity contribution in [2.45, 2.75) is 0 Å². The van der Waals surface area contributed by atoms with Crippen LogP contribution < -0.4 is 40.4 Å². The van der Waals surface area contributed by atoms with Crippen molar-refractivity contribution in [2.75, 3.05) is 0 Å². The maximum Gasteiger partial charge on any atom is 1.00 e. The van der Waals surface area contributed by atoms with Crippen LogP contribution in [-0.2, 0) is 0 Å². The van der Waals surface area contributed by atoms with Crippen molar-refractivity contribution in [1.82, 2.24) is 0 Å². The van der Waals surface area contributed by atoms with E-state index < -0.39 is 6.09 Å². The summed E-state index contributed by atoms with van der Waals surface area (Å²) in [5, 5.41) is 8.67. The largest absolute Gasteiger partial charge is 1.00 e. The Kier molecular flexibility index (Phi) is 7.67. The number of nitrogens with two attached hydrogens (primary N) is 1. The number of hydrogen-bond acceptors (Lipinski definition) is 2. The minimum Gasteiger partial charge on any atom is -0.530 e. The molecule has 2 N–H and O–H groups in total. The number of primary amides is 1. The Morgan fingerprint density at radius 1 is 1.80 bits per heavy atom. The van der Waals surface area contributed by atoms with Gasteiger partial charge in [-0.1, -0.05) is 0 Å². The number of rotatable bonds is 0. The first kappa shape index (κ1) is 8.99. The van der Waals surface area contributed by atoms with E-state index in [0.717, 1.165) is 0 Å². The van der Waals surface area contributed by atoms with E-state index in [-0.39, 0.29) is 29.6 Å². The molecule has 24 valence electrons. The molecule has 0 fully saturated rings. The van der Waals surface area contributed by atoms with Gasteiger partial charge in [-0.3, -0.25) is 0 Å². The molecule has 0 saturated heterocycles. The van der Waals surface area contributed by atoms with Crippen molar-refractivity contribution >= 4 is 6.09 Å². The molecule has 0 rings (SSSR count). The van der Waals surface area contributed by atoms with Gasteiger partial charge in [0.25, 0.3) is 0 Å². The van der Waals surface area contributed by atoms with Crippen LogP contribution in [0.1, 0.15) is 0 Å². The summed E-state index contributed by atoms with van der Waals surface area (Å²) < 4.78 is 0. The predicted octanol–water partition coefficient (Wildman–Crippen LogP) is -4.71. The van der Waals surface area contributed by atoms with Gasteiger partial charge in [0.05, 0.1) is 0 Å². The molecule has 0 aromatic heterocycles. The average molecular weight is 83.0 g/mol. The molecule has 3 nitrogen and oxygen atoms in total. The van der Waals surface area contributed by atoms with Crippen molar-refractivity contribution in [3.8, 4) is 0 Å². The van der Waals surface area contributed by atoms with Gasteiger partial charge >= 0.3 is 29.6 Å². The molecule has 0 bridgehead atoms. The third kappa shape index (κ3) is 302. The summed E-state index contributed by atoms with van der Waals surface area (Å²) in [5.41, 5.74) is 3.92. The number of hydrogen-bond donors (Lipinski definition) is 1. The van der Waals surface area contributed by atoms with Crippen LogP contribution in [0.25, 0.3) is 0 Å². The van der Waals surface area contributed by atoms with E-state index in [2.05, 4.69) is 5.73 Å². The topological polar surface area (TPSA) is 66.2 Å². The van der Waals surface area contributed by atoms with Crippen LogP contribution >= 0.6 is 0 Å². The van der Waals surface area contributed by atoms with Gasteiger partial charge in [0.1, 0.15) is 6.09 Å². The van der Waals surface area contributed by atoms with Crippen LogP contribution in [0.4, 0.5) is 4.79 Å². The number of carbonyl (C=O) groups is 1. The Balaban J connectivity index is 0. The van der Waals surface area contributed by atoms with Crippen LogP contribution in [0.5, 0.6) is 0 Å². The molecule has 1 amide bonds. The van der Waals surface area contributed by atoms with Gasteiger partial charge < -0.3 is 15.6 Å². The maximum absolute atomic E-state index is 8.67. The third-order valence-electron chi connectivity index (χ3n) is 0. The zero-order chi connectivity index (χ0) is 3.58. The molecule has 0 aromatic carbocycles. The molecule has 0 atom stereocenters. The summed E-state index contributed by atoms with van der Waals surface area (Å²) in [4.78, 5) is 8.67. The Labute approximate surface area is 51.4 Å². The Bertz CT molecular complexity index is 32.6. The minimum atomic E-state index is -1.58. The van der Waals surface area contributed by atoms with E-state index in [1.165, 1.54) is 0 Å². The summed E-state index contributed by atoms with van der Waals surface area (Å²) in [6, 6.07) is 0. The first-order valence-electron chi connectivity index (χ1n) is 0.697. The zero-order valence-corrected chi connectivity index (χ0v) is 4.89. The fourth-order valence-corrected chi connectivity index (χ4v) is 0. The molecule has 0 radical (unpaired) electrons. The van der Waals surface area contributed by atoms with Gasteiger partial charge in [-0.15, -0.1) is 0 Å². The molecular weight excluding hydrogens is 81.0 g/mol. The summed E-state index contributed by atoms with van der Waals surface area (Å²) in [5.74, 6) is 0. The molecule has 0 aliphatic carbocycles. The molecular formula is CH2NNaO2. The second-order valence-electron chi connectivity index (χ2n) is 0.319. The van der Waals surface area contributed by atoms with Crippen LogP contribution in [0.2, 0.25) is 0 Å². The number of amides is 1. The fourth-order valence-electron chi connectivity index (χ4n) is 0. The zero-order valence-electron chi connectivity index (χ0n) is 2.89. The number of carbonyl (C=O) groups excluding carboxylic acids is 1. The van der Waals surface area contributed by atoms with E-state index in [1.54, 1.807) is 0 Å². The second-order valence-corrected chi connectivity index (χ2v) is 0.319. The van der Waals surface area contributed by atoms with Crippen molar-refractivity contribution in [2.24, 2.45) is 5.73 Å². The smallest absolute Gasteiger partial charge is 0.530 e. The normalized spacial score (nSPS) is 4.80. The van der Waals surface area contributed by atoms with Gasteiger partial charge in [-0.05, 0) is 0 Å². The predicted molar refractivity (Wildman–Crippen MR) is 9.58 cm³/mol. The molecule has 4 heteroatoms. The van der Waals surface area contributed by atoms with E-state index >= 15 is 0 Å². The van der Waals surface area contributed by atoms with E-state index in [0.29, 0.717) is 0 Å². The van der Waals surface area contributed by atoms with E-state index in [1.807, 2.05) is 0 Å². The quantitative estimate of drug-likeness (QED) is 0.299. The van der Waals surface area contributed by atoms with E-state index in [9.17, 15) is 0 Å². The molecule has 0 aliphatic rings. The van der Waals surface area contributed by atoms with Crippen LogP contribution in [0, 0.1) is 0 Å². The fraction of sp³-hybridized carbons (Fsp3) is 0. The molecule has 0 saturated carbocycles. The van der Waals surface area contributed by atoms with E-state index in [4.69, 9.17) is 9.90 Å². The summed E-state index contributed by atoms with van der Waals surface area (Å²) in [6.45, 7) is 0. The van der Waals surface area contributed by atoms with Gasteiger partial charge in [0.15, 0.2) is 0 Å². The van der Waals surface area contributed by atoms with Crippen molar-refractivity contribution in [1.29, 1.82) is 0 Å². The standard InChI is InChI=1S/CH3NO2.Na/c2-1(3)4;/h2H2,(H,3,4);/q;+1/p-1. The van der Waals surface area contributed by atoms with Crippen molar-refractivity contribution in [3.05, 3.63) is 0 Å². The molecule has 0 aliphatic heterocycles. The second kappa shape index (κ2) is 4.27. The third-order valence-corrected chi connectivity index (χ3v) is 0. The minimum absolute atomic E-state index is 0. The molecule has 0 unspecified atom stereocenters. The Morgan fingerprint density at radius 3 is 1.80 bits per heavy atom. The van der Waals surface area contributed by atoms with Gasteiger partial charge in [-0.25, -0.2) is 0 Å². The summed E-state index contributed by atoms with van der Waals surface area (Å²) in [7, 11) is 0. The van der Waals surface area contributed by atoms with Gasteiger partial charge in [-0.2, -0.15) is 0 Å². The molecule has 0 aromatic rings. The maximum atomic E-state index is 8.67. The summed E-state index contributed by atoms with van der Waals surface area (Å²) in [6.07, 6.45) is -1.58. The monoisotopic (exact) mass is 83.0 g/mol. The number of carboxylic acid groups (broad SMARTS) is 1. The van der Waals surface area contributed by atoms with Gasteiger partial charge in [0, 0.05) is 0 Å².